The SMILES string of the molecule is Cc1ccc(NS(=O)[O-])cc1.[Na+]. The fraction of sp³-hybridized carbons (Fsp3) is 0.143. The van der Waals surface area contributed by atoms with Gasteiger partial charge in [0.2, 0.25) is 0 Å². The van der Waals surface area contributed by atoms with Crippen LogP contribution in [0.1, 0.15) is 5.56 Å². The first-order valence-electron chi connectivity index (χ1n) is 3.11. The third kappa shape index (κ3) is 4.23. The standard InChI is InChI=1S/C7H9NO2S.Na/c1-6-2-4-7(5-3-6)8-11(9)10;/h2-5,8H,1H3,(H,9,10);/q;+1/p-1. The molecule has 0 fully saturated rings. The minimum Gasteiger partial charge on any atom is -0.755 e. The molecule has 1 aromatic carbocycles. The number of nitrogens with one attached hydrogen (secondary N) is 1. The van der Waals surface area contributed by atoms with E-state index in [9.17, 15) is 8.76 Å². The van der Waals surface area contributed by atoms with Crippen LogP contribution < -0.4 is 34.3 Å². The maximum atomic E-state index is 10.1. The summed E-state index contributed by atoms with van der Waals surface area (Å²) < 4.78 is 22.5. The van der Waals surface area contributed by atoms with Crippen molar-refractivity contribution in [2.45, 2.75) is 6.92 Å². The molecule has 1 atom stereocenters. The van der Waals surface area contributed by atoms with E-state index in [0.717, 1.165) is 5.56 Å². The molecule has 0 saturated heterocycles. The maximum Gasteiger partial charge on any atom is 1.00 e. The summed E-state index contributed by atoms with van der Waals surface area (Å²) in [7, 11) is 0. The van der Waals surface area contributed by atoms with E-state index in [4.69, 9.17) is 0 Å². The summed E-state index contributed by atoms with van der Waals surface area (Å²) in [6.07, 6.45) is 0. The molecule has 1 aromatic rings. The largest absolute Gasteiger partial charge is 1.00 e. The van der Waals surface area contributed by atoms with Crippen molar-refractivity contribution >= 4 is 17.0 Å². The Bertz CT molecular complexity index is 263. The van der Waals surface area contributed by atoms with Gasteiger partial charge in [-0.15, -0.1) is 0 Å². The van der Waals surface area contributed by atoms with Gasteiger partial charge < -0.3 is 9.27 Å². The van der Waals surface area contributed by atoms with Crippen molar-refractivity contribution in [3.8, 4) is 0 Å². The van der Waals surface area contributed by atoms with Crippen molar-refractivity contribution < 1.29 is 38.3 Å². The van der Waals surface area contributed by atoms with Crippen molar-refractivity contribution in [3.05, 3.63) is 29.8 Å². The molecule has 0 bridgehead atoms. The second kappa shape index (κ2) is 5.72. The Balaban J connectivity index is 0.00000121. The molecule has 0 radical (unpaired) electrons. The Labute approximate surface area is 96.3 Å². The summed E-state index contributed by atoms with van der Waals surface area (Å²) in [4.78, 5) is 0. The van der Waals surface area contributed by atoms with Crippen LogP contribution in [-0.2, 0) is 11.3 Å². The van der Waals surface area contributed by atoms with E-state index < -0.39 is 11.3 Å². The average molecular weight is 193 g/mol. The summed E-state index contributed by atoms with van der Waals surface area (Å²) in [5, 5.41) is 0. The van der Waals surface area contributed by atoms with Crippen molar-refractivity contribution in [2.24, 2.45) is 0 Å². The summed E-state index contributed by atoms with van der Waals surface area (Å²) in [6.45, 7) is 1.94. The molecule has 12 heavy (non-hydrogen) atoms. The van der Waals surface area contributed by atoms with Crippen LogP contribution in [0.4, 0.5) is 5.69 Å². The maximum absolute atomic E-state index is 10.1. The van der Waals surface area contributed by atoms with E-state index in [1.807, 2.05) is 19.1 Å². The first-order chi connectivity index (χ1) is 5.18. The number of benzene rings is 1. The first-order valence-corrected chi connectivity index (χ1v) is 4.18. The molecule has 5 heteroatoms. The summed E-state index contributed by atoms with van der Waals surface area (Å²) in [5.74, 6) is 0. The topological polar surface area (TPSA) is 52.2 Å². The van der Waals surface area contributed by atoms with E-state index in [1.54, 1.807) is 12.1 Å². The number of rotatable bonds is 2. The summed E-state index contributed by atoms with van der Waals surface area (Å²) >= 11 is -2.22. The molecule has 0 aromatic heterocycles. The second-order valence-electron chi connectivity index (χ2n) is 2.20. The third-order valence-corrected chi connectivity index (χ3v) is 1.66. The molecule has 0 spiro atoms. The van der Waals surface area contributed by atoms with Gasteiger partial charge in [-0.05, 0) is 19.1 Å². The van der Waals surface area contributed by atoms with E-state index >= 15 is 0 Å². The Morgan fingerprint density at radius 2 is 1.83 bits per heavy atom. The minimum absolute atomic E-state index is 0. The predicted octanol–water partition coefficient (Wildman–Crippen LogP) is -1.79. The van der Waals surface area contributed by atoms with Gasteiger partial charge in [0.15, 0.2) is 0 Å². The Kier molecular flexibility index (Phi) is 5.78. The Morgan fingerprint density at radius 3 is 2.25 bits per heavy atom. The fourth-order valence-corrected chi connectivity index (χ4v) is 1.05. The van der Waals surface area contributed by atoms with Gasteiger partial charge in [0.25, 0.3) is 0 Å². The molecule has 0 aliphatic heterocycles. The number of hydrogen-bond acceptors (Lipinski definition) is 2. The van der Waals surface area contributed by atoms with Crippen molar-refractivity contribution in [3.63, 3.8) is 0 Å². The van der Waals surface area contributed by atoms with E-state index in [2.05, 4.69) is 4.72 Å². The van der Waals surface area contributed by atoms with Crippen LogP contribution in [0.15, 0.2) is 24.3 Å². The number of anilines is 1. The van der Waals surface area contributed by atoms with Gasteiger partial charge in [0, 0.05) is 17.0 Å². The van der Waals surface area contributed by atoms with Gasteiger partial charge in [-0.3, -0.25) is 4.21 Å². The summed E-state index contributed by atoms with van der Waals surface area (Å²) in [6, 6.07) is 7.11. The Morgan fingerprint density at radius 1 is 1.33 bits per heavy atom. The van der Waals surface area contributed by atoms with E-state index in [0.29, 0.717) is 5.69 Å². The third-order valence-electron chi connectivity index (χ3n) is 1.25. The molecule has 0 aliphatic carbocycles. The molecule has 0 aliphatic rings. The quantitative estimate of drug-likeness (QED) is 0.445. The predicted molar refractivity (Wildman–Crippen MR) is 43.7 cm³/mol. The minimum atomic E-state index is -2.22. The van der Waals surface area contributed by atoms with Crippen molar-refractivity contribution in [1.82, 2.24) is 0 Å². The first kappa shape index (κ1) is 12.1. The van der Waals surface area contributed by atoms with E-state index in [1.165, 1.54) is 0 Å². The molecule has 3 nitrogen and oxygen atoms in total. The van der Waals surface area contributed by atoms with Gasteiger partial charge in [-0.1, -0.05) is 17.7 Å². The summed E-state index contributed by atoms with van der Waals surface area (Å²) in [5.41, 5.74) is 1.69. The zero-order chi connectivity index (χ0) is 8.27. The number of aryl methyl sites for hydroxylation is 1. The fourth-order valence-electron chi connectivity index (χ4n) is 0.718. The molecular weight excluding hydrogens is 185 g/mol. The number of hydrogen-bond donors (Lipinski definition) is 1. The molecule has 60 valence electrons. The molecule has 0 saturated carbocycles. The van der Waals surface area contributed by atoms with Crippen LogP contribution in [0.2, 0.25) is 0 Å². The Hall–Kier alpha value is 0.130. The zero-order valence-corrected chi connectivity index (χ0v) is 9.85. The monoisotopic (exact) mass is 193 g/mol. The van der Waals surface area contributed by atoms with Gasteiger partial charge in [0.05, 0.1) is 0 Å². The normalized spacial score (nSPS) is 11.5. The van der Waals surface area contributed by atoms with Crippen molar-refractivity contribution in [1.29, 1.82) is 0 Å². The molecule has 0 heterocycles. The second-order valence-corrected chi connectivity index (χ2v) is 2.88. The molecule has 1 N–H and O–H groups in total. The van der Waals surface area contributed by atoms with Crippen molar-refractivity contribution in [2.75, 3.05) is 4.72 Å². The molecule has 1 unspecified atom stereocenters. The van der Waals surface area contributed by atoms with E-state index in [-0.39, 0.29) is 29.6 Å². The van der Waals surface area contributed by atoms with Crippen LogP contribution in [0.25, 0.3) is 0 Å². The average Bonchev–Trinajstić information content (AvgIpc) is 1.93. The smallest absolute Gasteiger partial charge is 0.755 e. The van der Waals surface area contributed by atoms with Crippen LogP contribution in [0.5, 0.6) is 0 Å². The van der Waals surface area contributed by atoms with Crippen LogP contribution in [0.3, 0.4) is 0 Å². The van der Waals surface area contributed by atoms with Crippen LogP contribution >= 0.6 is 0 Å². The van der Waals surface area contributed by atoms with Gasteiger partial charge >= 0.3 is 29.6 Å². The van der Waals surface area contributed by atoms with Gasteiger partial charge in [-0.25, -0.2) is 0 Å². The molecule has 1 rings (SSSR count). The van der Waals surface area contributed by atoms with Gasteiger partial charge in [-0.2, -0.15) is 0 Å². The zero-order valence-electron chi connectivity index (χ0n) is 7.03. The van der Waals surface area contributed by atoms with Crippen LogP contribution in [0, 0.1) is 6.92 Å². The van der Waals surface area contributed by atoms with Crippen LogP contribution in [-0.4, -0.2) is 8.76 Å². The molecular formula is C7H8NNaO2S. The molecule has 0 amide bonds. The van der Waals surface area contributed by atoms with Gasteiger partial charge in [0.1, 0.15) is 0 Å².